The van der Waals surface area contributed by atoms with Gasteiger partial charge in [-0.25, -0.2) is 18.0 Å². The Kier molecular flexibility index (Phi) is 6.73. The monoisotopic (exact) mass is 477 g/mol. The first-order chi connectivity index (χ1) is 13.1. The topological polar surface area (TPSA) is 90.0 Å². The van der Waals surface area contributed by atoms with Crippen molar-refractivity contribution in [2.75, 3.05) is 19.1 Å². The summed E-state index contributed by atoms with van der Waals surface area (Å²) < 4.78 is 58.4. The molecule has 11 heteroatoms. The number of anilines is 1. The summed E-state index contributed by atoms with van der Waals surface area (Å²) in [4.78, 5) is 25.1. The van der Waals surface area contributed by atoms with E-state index >= 15 is 0 Å². The van der Waals surface area contributed by atoms with Gasteiger partial charge in [-0.05, 0) is 46.3 Å². The maximum Gasteiger partial charge on any atom is 0.355 e. The number of nitrogens with zero attached hydrogens (tertiary/aromatic N) is 1. The van der Waals surface area contributed by atoms with Gasteiger partial charge >= 0.3 is 17.7 Å². The van der Waals surface area contributed by atoms with Gasteiger partial charge in [0.15, 0.2) is 0 Å². The van der Waals surface area contributed by atoms with Crippen molar-refractivity contribution in [3.05, 3.63) is 58.4 Å². The zero-order chi connectivity index (χ0) is 21.1. The summed E-state index contributed by atoms with van der Waals surface area (Å²) in [6, 6.07) is 3.17. The summed E-state index contributed by atoms with van der Waals surface area (Å²) in [6.07, 6.45) is 5.76. The highest BCUT2D eigenvalue weighted by Crippen LogP contribution is 2.35. The van der Waals surface area contributed by atoms with Crippen LogP contribution in [0.1, 0.15) is 0 Å². The smallest absolute Gasteiger partial charge is 0.355 e. The van der Waals surface area contributed by atoms with Crippen molar-refractivity contribution in [2.45, 2.75) is 10.7 Å². The molecule has 0 aliphatic carbocycles. The van der Waals surface area contributed by atoms with Crippen LogP contribution in [-0.2, 0) is 28.9 Å². The number of hydrogen-bond acceptors (Lipinski definition) is 7. The maximum atomic E-state index is 12.8. The number of sulfone groups is 1. The van der Waals surface area contributed by atoms with Crippen LogP contribution >= 0.6 is 15.9 Å². The predicted molar refractivity (Wildman–Crippen MR) is 99.1 cm³/mol. The molecule has 0 unspecified atom stereocenters. The molecule has 1 aromatic rings. The van der Waals surface area contributed by atoms with Gasteiger partial charge in [0.05, 0.1) is 30.4 Å². The van der Waals surface area contributed by atoms with Gasteiger partial charge in [0, 0.05) is 10.7 Å². The Morgan fingerprint density at radius 1 is 1.11 bits per heavy atom. The molecule has 0 amide bonds. The Morgan fingerprint density at radius 3 is 2.29 bits per heavy atom. The number of carbonyl (C=O) groups excluding carboxylic acids is 2. The fourth-order valence-electron chi connectivity index (χ4n) is 2.31. The minimum absolute atomic E-state index is 0.0893. The Labute approximate surface area is 168 Å². The van der Waals surface area contributed by atoms with Crippen LogP contribution in [0.15, 0.2) is 63.3 Å². The largest absolute Gasteiger partial charge is 0.465 e. The molecule has 7 nitrogen and oxygen atoms in total. The number of methoxy groups -OCH3 is 2. The van der Waals surface area contributed by atoms with Crippen LogP contribution in [0.5, 0.6) is 0 Å². The van der Waals surface area contributed by atoms with E-state index in [0.29, 0.717) is 0 Å². The molecule has 2 rings (SSSR count). The molecule has 1 aromatic carbocycles. The van der Waals surface area contributed by atoms with Gasteiger partial charge in [0.1, 0.15) is 5.70 Å². The molecule has 1 aliphatic heterocycles. The molecule has 0 N–H and O–H groups in total. The molecular formula is C17H14BrF2NO6S. The van der Waals surface area contributed by atoms with Gasteiger partial charge < -0.3 is 14.4 Å². The lowest BCUT2D eigenvalue weighted by molar-refractivity contribution is -0.139. The van der Waals surface area contributed by atoms with E-state index in [1.54, 1.807) is 0 Å². The van der Waals surface area contributed by atoms with Gasteiger partial charge in [-0.1, -0.05) is 6.08 Å². The normalized spacial score (nSPS) is 14.3. The number of hydrogen-bond donors (Lipinski definition) is 0. The van der Waals surface area contributed by atoms with E-state index < -0.39 is 32.4 Å². The molecule has 150 valence electrons. The van der Waals surface area contributed by atoms with Gasteiger partial charge in [-0.15, -0.1) is 0 Å². The summed E-state index contributed by atoms with van der Waals surface area (Å²) in [7, 11) is -2.55. The highest BCUT2D eigenvalue weighted by Gasteiger charge is 2.30. The maximum absolute atomic E-state index is 12.8. The van der Waals surface area contributed by atoms with Crippen molar-refractivity contribution in [1.82, 2.24) is 0 Å². The van der Waals surface area contributed by atoms with Crippen LogP contribution in [0.3, 0.4) is 0 Å². The van der Waals surface area contributed by atoms with Crippen molar-refractivity contribution < 1.29 is 36.3 Å². The summed E-state index contributed by atoms with van der Waals surface area (Å²) in [5, 5.41) is 0. The Hall–Kier alpha value is -2.53. The van der Waals surface area contributed by atoms with E-state index in [4.69, 9.17) is 9.47 Å². The van der Waals surface area contributed by atoms with Crippen molar-refractivity contribution in [3.63, 3.8) is 0 Å². The molecule has 0 saturated carbocycles. The Balaban J connectivity index is 2.67. The molecule has 0 atom stereocenters. The van der Waals surface area contributed by atoms with Crippen LogP contribution in [0, 0.1) is 0 Å². The van der Waals surface area contributed by atoms with Gasteiger partial charge in [-0.3, -0.25) is 0 Å². The number of ether oxygens (including phenoxy) is 2. The number of allylic oxidation sites excluding steroid dienone is 2. The van der Waals surface area contributed by atoms with Crippen LogP contribution in [0.2, 0.25) is 0 Å². The third-order valence-electron chi connectivity index (χ3n) is 3.63. The molecule has 0 bridgehead atoms. The van der Waals surface area contributed by atoms with Crippen LogP contribution in [0.4, 0.5) is 14.5 Å². The molecule has 1 aliphatic rings. The van der Waals surface area contributed by atoms with Crippen molar-refractivity contribution in [3.8, 4) is 0 Å². The minimum Gasteiger partial charge on any atom is -0.465 e. The fourth-order valence-corrected chi connectivity index (χ4v) is 3.78. The number of esters is 2. The third-order valence-corrected chi connectivity index (χ3v) is 5.65. The average Bonchev–Trinajstić information content (AvgIpc) is 2.89. The lowest BCUT2D eigenvalue weighted by Gasteiger charge is -2.24. The van der Waals surface area contributed by atoms with Crippen LogP contribution in [0.25, 0.3) is 0 Å². The Morgan fingerprint density at radius 2 is 1.75 bits per heavy atom. The summed E-state index contributed by atoms with van der Waals surface area (Å²) in [5.74, 6) is -5.25. The molecule has 0 saturated heterocycles. The first kappa shape index (κ1) is 21.8. The van der Waals surface area contributed by atoms with Gasteiger partial charge in [0.25, 0.3) is 0 Å². The van der Waals surface area contributed by atoms with Gasteiger partial charge in [0.2, 0.25) is 9.84 Å². The highest BCUT2D eigenvalue weighted by atomic mass is 79.9. The third kappa shape index (κ3) is 4.14. The second kappa shape index (κ2) is 8.65. The number of carbonyl (C=O) groups is 2. The number of alkyl halides is 2. The summed E-state index contributed by atoms with van der Waals surface area (Å²) in [6.45, 7) is 0. The second-order valence-electron chi connectivity index (χ2n) is 5.23. The zero-order valence-corrected chi connectivity index (χ0v) is 17.0. The SMILES string of the molecule is COC(=O)C1=C(C(=O)OC)N(c2ccc(S(=O)(=O)C(F)F)cc2Br)C=CC=C1. The van der Waals surface area contributed by atoms with Crippen molar-refractivity contribution in [2.24, 2.45) is 0 Å². The lowest BCUT2D eigenvalue weighted by Crippen LogP contribution is -2.27. The van der Waals surface area contributed by atoms with E-state index in [1.165, 1.54) is 35.4 Å². The van der Waals surface area contributed by atoms with E-state index in [2.05, 4.69) is 15.9 Å². The van der Waals surface area contributed by atoms with E-state index in [1.807, 2.05) is 0 Å². The van der Waals surface area contributed by atoms with Crippen LogP contribution in [-0.4, -0.2) is 40.3 Å². The van der Waals surface area contributed by atoms with Crippen molar-refractivity contribution in [1.29, 1.82) is 0 Å². The molecular weight excluding hydrogens is 464 g/mol. The van der Waals surface area contributed by atoms with Crippen LogP contribution < -0.4 is 4.90 Å². The predicted octanol–water partition coefficient (Wildman–Crippen LogP) is 2.94. The zero-order valence-electron chi connectivity index (χ0n) is 14.6. The van der Waals surface area contributed by atoms with E-state index in [-0.39, 0.29) is 21.4 Å². The first-order valence-electron chi connectivity index (χ1n) is 7.51. The summed E-state index contributed by atoms with van der Waals surface area (Å²) >= 11 is 3.13. The Bertz CT molecular complexity index is 1000. The second-order valence-corrected chi connectivity index (χ2v) is 8.01. The number of benzene rings is 1. The average molecular weight is 478 g/mol. The number of halogens is 3. The van der Waals surface area contributed by atoms with E-state index in [0.717, 1.165) is 26.4 Å². The van der Waals surface area contributed by atoms with Crippen molar-refractivity contribution >= 4 is 43.4 Å². The molecule has 0 fully saturated rings. The molecule has 28 heavy (non-hydrogen) atoms. The molecule has 1 heterocycles. The quantitative estimate of drug-likeness (QED) is 0.602. The molecule has 0 radical (unpaired) electrons. The number of rotatable bonds is 5. The molecule has 0 spiro atoms. The highest BCUT2D eigenvalue weighted by molar-refractivity contribution is 9.10. The first-order valence-corrected chi connectivity index (χ1v) is 9.85. The summed E-state index contributed by atoms with van der Waals surface area (Å²) in [5.41, 5.74) is -0.116. The minimum atomic E-state index is -4.81. The molecule has 0 aromatic heterocycles. The lowest BCUT2D eigenvalue weighted by atomic mass is 10.1. The van der Waals surface area contributed by atoms with E-state index in [9.17, 15) is 26.8 Å². The van der Waals surface area contributed by atoms with Gasteiger partial charge in [-0.2, -0.15) is 8.78 Å². The fraction of sp³-hybridized carbons (Fsp3) is 0.176. The standard InChI is InChI=1S/C17H14BrF2NO6S/c1-26-15(22)11-5-3-4-8-21(14(11)16(23)27-2)13-7-6-10(9-12(13)18)28(24,25)17(19)20/h3-9,17H,1-2H3.